The number of rotatable bonds is 2. The van der Waals surface area contributed by atoms with Gasteiger partial charge in [-0.25, -0.2) is 0 Å². The normalized spacial score (nSPS) is 22.2. The number of hydrogen-bond acceptors (Lipinski definition) is 5. The fraction of sp³-hybridized carbons (Fsp3) is 0.474. The van der Waals surface area contributed by atoms with Crippen LogP contribution in [0.25, 0.3) is 0 Å². The molecule has 0 aliphatic carbocycles. The summed E-state index contributed by atoms with van der Waals surface area (Å²) in [6, 6.07) is 5.65. The van der Waals surface area contributed by atoms with Crippen LogP contribution in [0, 0.1) is 6.92 Å². The van der Waals surface area contributed by atoms with Crippen LogP contribution in [0.15, 0.2) is 35.1 Å². The minimum Gasteiger partial charge on any atom is -0.361 e. The lowest BCUT2D eigenvalue weighted by atomic mass is 9.74. The molecule has 2 aliphatic rings. The fourth-order valence-corrected chi connectivity index (χ4v) is 4.42. The molecule has 0 N–H and O–H groups in total. The van der Waals surface area contributed by atoms with Crippen molar-refractivity contribution in [3.63, 3.8) is 0 Å². The zero-order valence-corrected chi connectivity index (χ0v) is 15.0. The van der Waals surface area contributed by atoms with E-state index in [0.29, 0.717) is 31.0 Å². The number of piperidine rings is 1. The van der Waals surface area contributed by atoms with E-state index in [0.717, 1.165) is 18.4 Å². The average Bonchev–Trinajstić information content (AvgIpc) is 3.20. The molecule has 1 unspecified atom stereocenters. The number of likely N-dealkylation sites (tertiary alicyclic amines) is 2. The molecule has 4 rings (SSSR count). The maximum atomic E-state index is 12.6. The number of nitrogens with zero attached hydrogens (tertiary/aromatic N) is 4. The van der Waals surface area contributed by atoms with Gasteiger partial charge in [0.1, 0.15) is 5.76 Å². The fourth-order valence-electron chi connectivity index (χ4n) is 4.42. The van der Waals surface area contributed by atoms with E-state index < -0.39 is 0 Å². The number of hydrogen-bond donors (Lipinski definition) is 0. The van der Waals surface area contributed by atoms with Gasteiger partial charge in [0.15, 0.2) is 5.69 Å². The quantitative estimate of drug-likeness (QED) is 0.824. The second-order valence-electron chi connectivity index (χ2n) is 7.21. The minimum atomic E-state index is -0.241. The summed E-state index contributed by atoms with van der Waals surface area (Å²) in [5.74, 6) is 0.818. The standard InChI is InChI=1S/C19H22N4O3/c1-13-11-16(21-26-13)18(25)23-9-5-19(6-10-23)15(12-17(24)22(19)2)14-3-7-20-8-4-14/h3-4,7-8,11,15H,5-6,9-10,12H2,1-2H3. The topological polar surface area (TPSA) is 79.5 Å². The number of aromatic nitrogens is 2. The first-order valence-electron chi connectivity index (χ1n) is 8.90. The molecule has 2 saturated heterocycles. The van der Waals surface area contributed by atoms with Gasteiger partial charge in [-0.3, -0.25) is 14.6 Å². The smallest absolute Gasteiger partial charge is 0.276 e. The highest BCUT2D eigenvalue weighted by Gasteiger charge is 2.53. The van der Waals surface area contributed by atoms with E-state index >= 15 is 0 Å². The molecule has 0 radical (unpaired) electrons. The molecule has 26 heavy (non-hydrogen) atoms. The van der Waals surface area contributed by atoms with Crippen LogP contribution in [0.5, 0.6) is 0 Å². The third kappa shape index (κ3) is 2.58. The van der Waals surface area contributed by atoms with Gasteiger partial charge in [0.2, 0.25) is 5.91 Å². The van der Waals surface area contributed by atoms with Gasteiger partial charge >= 0.3 is 0 Å². The Labute approximate surface area is 152 Å². The maximum absolute atomic E-state index is 12.6. The Morgan fingerprint density at radius 3 is 2.58 bits per heavy atom. The van der Waals surface area contributed by atoms with Crippen LogP contribution in [0.2, 0.25) is 0 Å². The zero-order chi connectivity index (χ0) is 18.3. The third-order valence-corrected chi connectivity index (χ3v) is 5.94. The van der Waals surface area contributed by atoms with Crippen LogP contribution >= 0.6 is 0 Å². The van der Waals surface area contributed by atoms with Crippen molar-refractivity contribution in [2.45, 2.75) is 37.6 Å². The van der Waals surface area contributed by atoms with Gasteiger partial charge < -0.3 is 14.3 Å². The Kier molecular flexibility index (Phi) is 4.01. The average molecular weight is 354 g/mol. The van der Waals surface area contributed by atoms with Gasteiger partial charge in [-0.1, -0.05) is 5.16 Å². The van der Waals surface area contributed by atoms with Crippen LogP contribution in [-0.2, 0) is 4.79 Å². The van der Waals surface area contributed by atoms with Gasteiger partial charge in [-0.2, -0.15) is 0 Å². The Hall–Kier alpha value is -2.70. The molecule has 0 aromatic carbocycles. The molecular formula is C19H22N4O3. The molecule has 2 fully saturated rings. The maximum Gasteiger partial charge on any atom is 0.276 e. The molecule has 2 aromatic heterocycles. The minimum absolute atomic E-state index is 0.107. The summed E-state index contributed by atoms with van der Waals surface area (Å²) in [7, 11) is 1.89. The van der Waals surface area contributed by atoms with Crippen molar-refractivity contribution in [2.24, 2.45) is 0 Å². The Morgan fingerprint density at radius 1 is 1.27 bits per heavy atom. The van der Waals surface area contributed by atoms with Crippen LogP contribution in [-0.4, -0.2) is 57.4 Å². The van der Waals surface area contributed by atoms with Crippen molar-refractivity contribution in [1.29, 1.82) is 0 Å². The SMILES string of the molecule is Cc1cc(C(=O)N2CCC3(CC2)C(c2ccncc2)CC(=O)N3C)no1. The molecule has 136 valence electrons. The second-order valence-corrected chi connectivity index (χ2v) is 7.21. The summed E-state index contributed by atoms with van der Waals surface area (Å²) in [4.78, 5) is 32.9. The van der Waals surface area contributed by atoms with Crippen molar-refractivity contribution >= 4 is 11.8 Å². The lowest BCUT2D eigenvalue weighted by molar-refractivity contribution is -0.130. The molecule has 7 nitrogen and oxygen atoms in total. The first-order chi connectivity index (χ1) is 12.5. The summed E-state index contributed by atoms with van der Waals surface area (Å²) in [6.07, 6.45) is 5.57. The molecule has 2 aromatic rings. The zero-order valence-electron chi connectivity index (χ0n) is 15.0. The van der Waals surface area contributed by atoms with Crippen molar-refractivity contribution in [1.82, 2.24) is 19.9 Å². The van der Waals surface area contributed by atoms with E-state index in [9.17, 15) is 9.59 Å². The highest BCUT2D eigenvalue weighted by molar-refractivity contribution is 5.92. The molecular weight excluding hydrogens is 332 g/mol. The molecule has 0 bridgehead atoms. The molecule has 2 aliphatic heterocycles. The summed E-state index contributed by atoms with van der Waals surface area (Å²) in [6.45, 7) is 2.97. The van der Waals surface area contributed by atoms with Gasteiger partial charge in [-0.15, -0.1) is 0 Å². The molecule has 1 spiro atoms. The highest BCUT2D eigenvalue weighted by atomic mass is 16.5. The predicted octanol–water partition coefficient (Wildman–Crippen LogP) is 2.00. The lowest BCUT2D eigenvalue weighted by Gasteiger charge is -2.46. The summed E-state index contributed by atoms with van der Waals surface area (Å²) < 4.78 is 5.02. The number of likely N-dealkylation sites (N-methyl/N-ethyl adjacent to an activating group) is 1. The van der Waals surface area contributed by atoms with Crippen LogP contribution in [0.4, 0.5) is 0 Å². The monoisotopic (exact) mass is 354 g/mol. The van der Waals surface area contributed by atoms with Crippen LogP contribution in [0.1, 0.15) is 47.0 Å². The lowest BCUT2D eigenvalue weighted by Crippen LogP contribution is -2.55. The molecule has 4 heterocycles. The number of carbonyl (C=O) groups excluding carboxylic acids is 2. The van der Waals surface area contributed by atoms with E-state index in [1.165, 1.54) is 0 Å². The predicted molar refractivity (Wildman–Crippen MR) is 93.5 cm³/mol. The Bertz CT molecular complexity index is 824. The highest BCUT2D eigenvalue weighted by Crippen LogP contribution is 2.48. The molecule has 0 saturated carbocycles. The van der Waals surface area contributed by atoms with Crippen LogP contribution in [0.3, 0.4) is 0 Å². The number of carbonyl (C=O) groups is 2. The summed E-state index contributed by atoms with van der Waals surface area (Å²) in [5, 5.41) is 3.83. The van der Waals surface area contributed by atoms with Crippen molar-refractivity contribution in [3.8, 4) is 0 Å². The second kappa shape index (κ2) is 6.23. The third-order valence-electron chi connectivity index (χ3n) is 5.94. The number of amides is 2. The van der Waals surface area contributed by atoms with Gasteiger partial charge in [0, 0.05) is 50.9 Å². The first-order valence-corrected chi connectivity index (χ1v) is 8.90. The van der Waals surface area contributed by atoms with Crippen molar-refractivity contribution in [2.75, 3.05) is 20.1 Å². The van der Waals surface area contributed by atoms with Crippen molar-refractivity contribution in [3.05, 3.63) is 47.6 Å². The summed E-state index contributed by atoms with van der Waals surface area (Å²) >= 11 is 0. The van der Waals surface area contributed by atoms with E-state index in [1.54, 1.807) is 25.4 Å². The van der Waals surface area contributed by atoms with Gasteiger partial charge in [-0.05, 0) is 37.5 Å². The largest absolute Gasteiger partial charge is 0.361 e. The molecule has 1 atom stereocenters. The van der Waals surface area contributed by atoms with Gasteiger partial charge in [0.05, 0.1) is 5.54 Å². The number of pyridine rings is 1. The van der Waals surface area contributed by atoms with E-state index in [-0.39, 0.29) is 23.3 Å². The van der Waals surface area contributed by atoms with E-state index in [4.69, 9.17) is 4.52 Å². The van der Waals surface area contributed by atoms with Crippen LogP contribution < -0.4 is 0 Å². The van der Waals surface area contributed by atoms with E-state index in [2.05, 4.69) is 10.1 Å². The Morgan fingerprint density at radius 2 is 1.96 bits per heavy atom. The first kappa shape index (κ1) is 16.8. The Balaban J connectivity index is 1.55. The summed E-state index contributed by atoms with van der Waals surface area (Å²) in [5.41, 5.74) is 1.25. The number of aryl methyl sites for hydroxylation is 1. The molecule has 7 heteroatoms. The molecule has 2 amide bonds. The van der Waals surface area contributed by atoms with E-state index in [1.807, 2.05) is 29.0 Å². The van der Waals surface area contributed by atoms with Gasteiger partial charge in [0.25, 0.3) is 5.91 Å². The van der Waals surface area contributed by atoms with Crippen molar-refractivity contribution < 1.29 is 14.1 Å².